The molecule has 4 N–H and O–H groups in total. The van der Waals surface area contributed by atoms with Crippen molar-refractivity contribution < 1.29 is 4.79 Å². The minimum absolute atomic E-state index is 0.0146. The molecule has 5 nitrogen and oxygen atoms in total. The predicted octanol–water partition coefficient (Wildman–Crippen LogP) is 1.03. The van der Waals surface area contributed by atoms with E-state index in [0.29, 0.717) is 18.3 Å². The Morgan fingerprint density at radius 2 is 2.26 bits per heavy atom. The molecule has 0 radical (unpaired) electrons. The van der Waals surface area contributed by atoms with Crippen LogP contribution in [0.15, 0.2) is 33.6 Å². The number of nitrogens with one attached hydrogen (secondary N) is 4. The van der Waals surface area contributed by atoms with Crippen molar-refractivity contribution in [3.8, 4) is 0 Å². The molecule has 1 amide bonds. The van der Waals surface area contributed by atoms with Crippen LogP contribution in [0.2, 0.25) is 0 Å². The number of hydrazine groups is 2. The van der Waals surface area contributed by atoms with Gasteiger partial charge in [0.15, 0.2) is 0 Å². The highest BCUT2D eigenvalue weighted by Gasteiger charge is 2.21. The highest BCUT2D eigenvalue weighted by molar-refractivity contribution is 9.10. The Morgan fingerprint density at radius 3 is 2.89 bits per heavy atom. The average Bonchev–Trinajstić information content (AvgIpc) is 2.93. The molecule has 0 bridgehead atoms. The molecule has 1 aromatic rings. The molecule has 0 aromatic heterocycles. The fourth-order valence-electron chi connectivity index (χ4n) is 1.66. The molecule has 19 heavy (non-hydrogen) atoms. The molecule has 104 valence electrons. The third-order valence-electron chi connectivity index (χ3n) is 2.67. The summed E-state index contributed by atoms with van der Waals surface area (Å²) in [5, 5.41) is 3.27. The first-order chi connectivity index (χ1) is 9.15. The Balaban J connectivity index is 1.73. The lowest BCUT2D eigenvalue weighted by Crippen LogP contribution is -2.45. The number of carbonyl (C=O) groups is 1. The van der Waals surface area contributed by atoms with Crippen LogP contribution >= 0.6 is 27.7 Å². The Kier molecular flexibility index (Phi) is 5.65. The van der Waals surface area contributed by atoms with E-state index in [2.05, 4.69) is 56.7 Å². The monoisotopic (exact) mass is 344 g/mol. The van der Waals surface area contributed by atoms with E-state index in [1.54, 1.807) is 11.8 Å². The third kappa shape index (κ3) is 4.77. The molecule has 1 aliphatic rings. The summed E-state index contributed by atoms with van der Waals surface area (Å²) < 4.78 is 1.07. The van der Waals surface area contributed by atoms with Crippen molar-refractivity contribution in [2.24, 2.45) is 0 Å². The summed E-state index contributed by atoms with van der Waals surface area (Å²) in [6, 6.07) is 7.98. The molecule has 7 heteroatoms. The zero-order valence-electron chi connectivity index (χ0n) is 10.6. The van der Waals surface area contributed by atoms with Crippen molar-refractivity contribution in [3.05, 3.63) is 28.7 Å². The van der Waals surface area contributed by atoms with Gasteiger partial charge in [-0.05, 0) is 24.3 Å². The number of rotatable bonds is 5. The number of halogens is 1. The molecule has 0 aliphatic carbocycles. The molecule has 2 rings (SSSR count). The fourth-order valence-corrected chi connectivity index (χ4v) is 2.84. The maximum atomic E-state index is 11.8. The number of benzene rings is 1. The van der Waals surface area contributed by atoms with E-state index >= 15 is 0 Å². The van der Waals surface area contributed by atoms with Gasteiger partial charge in [-0.2, -0.15) is 5.53 Å². The smallest absolute Gasteiger partial charge is 0.239 e. The molecule has 1 aliphatic heterocycles. The van der Waals surface area contributed by atoms with Crippen LogP contribution < -0.4 is 21.7 Å². The van der Waals surface area contributed by atoms with Gasteiger partial charge in [-0.1, -0.05) is 22.9 Å². The molecule has 1 saturated heterocycles. The van der Waals surface area contributed by atoms with Gasteiger partial charge in [-0.25, -0.2) is 10.9 Å². The van der Waals surface area contributed by atoms with E-state index in [9.17, 15) is 4.79 Å². The maximum Gasteiger partial charge on any atom is 0.239 e. The number of carbonyl (C=O) groups excluding carboxylic acids is 1. The molecule has 0 spiro atoms. The summed E-state index contributed by atoms with van der Waals surface area (Å²) >= 11 is 5.16. The summed E-state index contributed by atoms with van der Waals surface area (Å²) in [5.41, 5.74) is 8.42. The number of thioether (sulfide) groups is 1. The van der Waals surface area contributed by atoms with Crippen LogP contribution in [-0.4, -0.2) is 30.3 Å². The van der Waals surface area contributed by atoms with Gasteiger partial charge in [0.25, 0.3) is 0 Å². The van der Waals surface area contributed by atoms with Gasteiger partial charge in [0, 0.05) is 27.7 Å². The summed E-state index contributed by atoms with van der Waals surface area (Å²) in [6.07, 6.45) is 0. The molecule has 1 aromatic carbocycles. The summed E-state index contributed by atoms with van der Waals surface area (Å²) in [6.45, 7) is 3.35. The highest BCUT2D eigenvalue weighted by atomic mass is 79.9. The lowest BCUT2D eigenvalue weighted by molar-refractivity contribution is -0.122. The lowest BCUT2D eigenvalue weighted by Gasteiger charge is -2.14. The molecular formula is C12H17BrN4OS. The number of amides is 1. The third-order valence-corrected chi connectivity index (χ3v) is 4.31. The van der Waals surface area contributed by atoms with Gasteiger partial charge in [0.05, 0.1) is 0 Å². The topological polar surface area (TPSA) is 65.2 Å². The minimum atomic E-state index is -0.204. The van der Waals surface area contributed by atoms with Crippen molar-refractivity contribution >= 4 is 33.6 Å². The molecule has 2 atom stereocenters. The average molecular weight is 345 g/mol. The number of hydrogen-bond donors (Lipinski definition) is 4. The summed E-state index contributed by atoms with van der Waals surface area (Å²) in [7, 11) is 0. The molecule has 0 saturated carbocycles. The van der Waals surface area contributed by atoms with E-state index in [1.807, 2.05) is 12.1 Å². The zero-order valence-corrected chi connectivity index (χ0v) is 13.0. The quantitative estimate of drug-likeness (QED) is 0.601. The molecule has 2 unspecified atom stereocenters. The standard InChI is InChI=1S/C12H17BrN4OS/c1-8(19-10-4-2-9(13)3-5-10)6-14-12(18)11-7-15-17-16-11/h2-5,8,11,15-17H,6-7H2,1H3,(H,14,18). The zero-order chi connectivity index (χ0) is 13.7. The Morgan fingerprint density at radius 1 is 1.53 bits per heavy atom. The summed E-state index contributed by atoms with van der Waals surface area (Å²) in [4.78, 5) is 13.0. The van der Waals surface area contributed by atoms with Gasteiger partial charge in [0.2, 0.25) is 5.91 Å². The Bertz CT molecular complexity index is 422. The second-order valence-corrected chi connectivity index (χ2v) is 6.76. The van der Waals surface area contributed by atoms with Gasteiger partial charge in [-0.15, -0.1) is 11.8 Å². The summed E-state index contributed by atoms with van der Waals surface area (Å²) in [5.74, 6) is 0.0146. The second-order valence-electron chi connectivity index (χ2n) is 4.33. The van der Waals surface area contributed by atoms with E-state index in [1.165, 1.54) is 4.90 Å². The SMILES string of the molecule is CC(CNC(=O)C1CNNN1)Sc1ccc(Br)cc1. The van der Waals surface area contributed by atoms with Crippen molar-refractivity contribution in [2.75, 3.05) is 13.1 Å². The fraction of sp³-hybridized carbons (Fsp3) is 0.417. The van der Waals surface area contributed by atoms with E-state index in [4.69, 9.17) is 0 Å². The first-order valence-electron chi connectivity index (χ1n) is 6.08. The second kappa shape index (κ2) is 7.25. The van der Waals surface area contributed by atoms with Gasteiger partial charge in [-0.3, -0.25) is 4.79 Å². The van der Waals surface area contributed by atoms with Crippen LogP contribution in [0.25, 0.3) is 0 Å². The number of hydrogen-bond acceptors (Lipinski definition) is 5. The predicted molar refractivity (Wildman–Crippen MR) is 80.5 cm³/mol. The van der Waals surface area contributed by atoms with E-state index in [-0.39, 0.29) is 11.9 Å². The molecular weight excluding hydrogens is 328 g/mol. The van der Waals surface area contributed by atoms with E-state index < -0.39 is 0 Å². The van der Waals surface area contributed by atoms with E-state index in [0.717, 1.165) is 4.47 Å². The van der Waals surface area contributed by atoms with Crippen molar-refractivity contribution in [2.45, 2.75) is 23.1 Å². The van der Waals surface area contributed by atoms with Crippen LogP contribution in [0, 0.1) is 0 Å². The Hall–Kier alpha value is -0.600. The minimum Gasteiger partial charge on any atom is -0.354 e. The van der Waals surface area contributed by atoms with Crippen LogP contribution in [0.3, 0.4) is 0 Å². The van der Waals surface area contributed by atoms with Gasteiger partial charge in [0.1, 0.15) is 6.04 Å². The first-order valence-corrected chi connectivity index (χ1v) is 7.76. The largest absolute Gasteiger partial charge is 0.354 e. The normalized spacial score (nSPS) is 20.2. The van der Waals surface area contributed by atoms with Crippen LogP contribution in [-0.2, 0) is 4.79 Å². The maximum absolute atomic E-state index is 11.8. The van der Waals surface area contributed by atoms with Crippen LogP contribution in [0.5, 0.6) is 0 Å². The van der Waals surface area contributed by atoms with Crippen LogP contribution in [0.1, 0.15) is 6.92 Å². The van der Waals surface area contributed by atoms with Crippen molar-refractivity contribution in [1.82, 2.24) is 21.7 Å². The highest BCUT2D eigenvalue weighted by Crippen LogP contribution is 2.24. The van der Waals surface area contributed by atoms with Crippen molar-refractivity contribution in [1.29, 1.82) is 0 Å². The van der Waals surface area contributed by atoms with Gasteiger partial charge < -0.3 is 5.32 Å². The molecule has 1 fully saturated rings. The lowest BCUT2D eigenvalue weighted by atomic mass is 10.3. The van der Waals surface area contributed by atoms with Crippen molar-refractivity contribution in [3.63, 3.8) is 0 Å². The van der Waals surface area contributed by atoms with Crippen LogP contribution in [0.4, 0.5) is 0 Å². The first kappa shape index (κ1) is 14.8. The Labute approximate surface area is 125 Å². The molecule has 1 heterocycles. The van der Waals surface area contributed by atoms with Gasteiger partial charge >= 0.3 is 0 Å².